The van der Waals surface area contributed by atoms with Crippen molar-refractivity contribution in [3.05, 3.63) is 5.82 Å². The molecule has 16 heavy (non-hydrogen) atoms. The van der Waals surface area contributed by atoms with Crippen molar-refractivity contribution in [1.82, 2.24) is 9.36 Å². The van der Waals surface area contributed by atoms with Gasteiger partial charge in [0.15, 0.2) is 4.34 Å². The normalized spacial score (nSPS) is 11.5. The van der Waals surface area contributed by atoms with Gasteiger partial charge >= 0.3 is 5.97 Å². The van der Waals surface area contributed by atoms with Crippen LogP contribution in [0.2, 0.25) is 0 Å². The number of methoxy groups -OCH3 is 1. The Labute approximate surface area is 104 Å². The fraction of sp³-hybridized carbons (Fsp3) is 0.700. The van der Waals surface area contributed by atoms with Crippen molar-refractivity contribution < 1.29 is 9.53 Å². The molecule has 1 heterocycles. The minimum atomic E-state index is -0.489. The summed E-state index contributed by atoms with van der Waals surface area (Å²) in [4.78, 5) is 15.8. The first-order chi connectivity index (χ1) is 7.49. The third kappa shape index (κ3) is 3.45. The molecule has 0 bridgehead atoms. The van der Waals surface area contributed by atoms with Gasteiger partial charge in [-0.25, -0.2) is 4.98 Å². The molecule has 0 aliphatic heterocycles. The summed E-state index contributed by atoms with van der Waals surface area (Å²) in [7, 11) is 1.41. The van der Waals surface area contributed by atoms with Crippen LogP contribution in [0, 0.1) is 5.41 Å². The van der Waals surface area contributed by atoms with Gasteiger partial charge in [0.2, 0.25) is 0 Å². The maximum Gasteiger partial charge on any atom is 0.312 e. The highest BCUT2D eigenvalue weighted by atomic mass is 32.2. The predicted molar refractivity (Wildman–Crippen MR) is 65.8 cm³/mol. The average Bonchev–Trinajstić information content (AvgIpc) is 2.73. The largest absolute Gasteiger partial charge is 0.469 e. The number of hydrogen-bond acceptors (Lipinski definition) is 6. The standard InChI is InChI=1S/C10H16N2O2S2/c1-5-7-11-9(16-12-7)15-6-10(2,3)8(13)14-4/h5-6H2,1-4H3. The molecule has 4 nitrogen and oxygen atoms in total. The van der Waals surface area contributed by atoms with Gasteiger partial charge in [0.25, 0.3) is 0 Å². The molecule has 0 N–H and O–H groups in total. The quantitative estimate of drug-likeness (QED) is 0.601. The van der Waals surface area contributed by atoms with Crippen LogP contribution in [0.4, 0.5) is 0 Å². The van der Waals surface area contributed by atoms with Crippen molar-refractivity contribution in [2.45, 2.75) is 31.5 Å². The molecule has 0 spiro atoms. The van der Waals surface area contributed by atoms with Gasteiger partial charge in [-0.2, -0.15) is 4.37 Å². The van der Waals surface area contributed by atoms with Crippen molar-refractivity contribution >= 4 is 29.3 Å². The molecule has 0 unspecified atom stereocenters. The fourth-order valence-electron chi connectivity index (χ4n) is 1.02. The highest BCUT2D eigenvalue weighted by Crippen LogP contribution is 2.29. The molecule has 0 aliphatic carbocycles. The lowest BCUT2D eigenvalue weighted by Crippen LogP contribution is -2.28. The summed E-state index contributed by atoms with van der Waals surface area (Å²) in [6.45, 7) is 5.76. The molecule has 6 heteroatoms. The zero-order chi connectivity index (χ0) is 12.2. The Bertz CT molecular complexity index is 363. The summed E-state index contributed by atoms with van der Waals surface area (Å²) in [5.74, 6) is 1.32. The number of carbonyl (C=O) groups is 1. The van der Waals surface area contributed by atoms with Gasteiger partial charge in [-0.1, -0.05) is 18.7 Å². The third-order valence-electron chi connectivity index (χ3n) is 2.06. The molecule has 1 rings (SSSR count). The lowest BCUT2D eigenvalue weighted by Gasteiger charge is -2.19. The Morgan fingerprint density at radius 2 is 2.25 bits per heavy atom. The van der Waals surface area contributed by atoms with Crippen molar-refractivity contribution in [3.8, 4) is 0 Å². The molecule has 1 aromatic rings. The molecule has 0 fully saturated rings. The van der Waals surface area contributed by atoms with Crippen LogP contribution < -0.4 is 0 Å². The first-order valence-corrected chi connectivity index (χ1v) is 6.79. The summed E-state index contributed by atoms with van der Waals surface area (Å²) in [6.07, 6.45) is 0.845. The molecule has 0 aliphatic rings. The van der Waals surface area contributed by atoms with Gasteiger partial charge in [0.05, 0.1) is 12.5 Å². The molecule has 0 saturated heterocycles. The van der Waals surface area contributed by atoms with Crippen LogP contribution in [0.1, 0.15) is 26.6 Å². The summed E-state index contributed by atoms with van der Waals surface area (Å²) in [6, 6.07) is 0. The average molecular weight is 260 g/mol. The number of nitrogens with zero attached hydrogens (tertiary/aromatic N) is 2. The highest BCUT2D eigenvalue weighted by Gasteiger charge is 2.29. The lowest BCUT2D eigenvalue weighted by atomic mass is 9.97. The first-order valence-electron chi connectivity index (χ1n) is 5.03. The van der Waals surface area contributed by atoms with E-state index in [-0.39, 0.29) is 5.97 Å². The van der Waals surface area contributed by atoms with Crippen molar-refractivity contribution in [2.24, 2.45) is 5.41 Å². The predicted octanol–water partition coefficient (Wildman–Crippen LogP) is 2.39. The van der Waals surface area contributed by atoms with Crippen molar-refractivity contribution in [1.29, 1.82) is 0 Å². The Morgan fingerprint density at radius 1 is 1.56 bits per heavy atom. The van der Waals surface area contributed by atoms with Gasteiger partial charge in [-0.15, -0.1) is 0 Å². The number of hydrogen-bond donors (Lipinski definition) is 0. The third-order valence-corrected chi connectivity index (χ3v) is 4.39. The van der Waals surface area contributed by atoms with E-state index in [2.05, 4.69) is 9.36 Å². The van der Waals surface area contributed by atoms with Gasteiger partial charge in [-0.05, 0) is 25.4 Å². The van der Waals surface area contributed by atoms with Crippen LogP contribution in [0.5, 0.6) is 0 Å². The van der Waals surface area contributed by atoms with Crippen LogP contribution in [-0.2, 0) is 16.0 Å². The second-order valence-electron chi connectivity index (χ2n) is 3.99. The van der Waals surface area contributed by atoms with E-state index in [0.717, 1.165) is 16.6 Å². The molecule has 0 radical (unpaired) electrons. The molecule has 0 atom stereocenters. The SMILES string of the molecule is CCc1nsc(SCC(C)(C)C(=O)OC)n1. The zero-order valence-corrected chi connectivity index (χ0v) is 11.6. The van der Waals surface area contributed by atoms with Gasteiger partial charge in [0, 0.05) is 12.2 Å². The number of rotatable bonds is 5. The van der Waals surface area contributed by atoms with Crippen molar-refractivity contribution in [3.63, 3.8) is 0 Å². The molecule has 0 amide bonds. The number of aryl methyl sites for hydroxylation is 1. The van der Waals surface area contributed by atoms with Crippen LogP contribution >= 0.6 is 23.3 Å². The van der Waals surface area contributed by atoms with Crippen LogP contribution in [-0.4, -0.2) is 28.2 Å². The summed E-state index contributed by atoms with van der Waals surface area (Å²) in [5, 5.41) is 0. The number of aromatic nitrogens is 2. The Balaban J connectivity index is 2.53. The second kappa shape index (κ2) is 5.63. The van der Waals surface area contributed by atoms with Gasteiger partial charge in [0.1, 0.15) is 5.82 Å². The van der Waals surface area contributed by atoms with E-state index < -0.39 is 5.41 Å². The number of thioether (sulfide) groups is 1. The molecule has 1 aromatic heterocycles. The van der Waals surface area contributed by atoms with Crippen LogP contribution in [0.25, 0.3) is 0 Å². The highest BCUT2D eigenvalue weighted by molar-refractivity contribution is 8.01. The smallest absolute Gasteiger partial charge is 0.312 e. The van der Waals surface area contributed by atoms with Crippen LogP contribution in [0.15, 0.2) is 4.34 Å². The number of esters is 1. The van der Waals surface area contributed by atoms with E-state index in [9.17, 15) is 4.79 Å². The summed E-state index contributed by atoms with van der Waals surface area (Å²) < 4.78 is 9.85. The minimum Gasteiger partial charge on any atom is -0.469 e. The summed E-state index contributed by atoms with van der Waals surface area (Å²) >= 11 is 2.94. The molecule has 90 valence electrons. The van der Waals surface area contributed by atoms with Gasteiger partial charge in [-0.3, -0.25) is 4.79 Å². The molecule has 0 aromatic carbocycles. The number of carbonyl (C=O) groups excluding carboxylic acids is 1. The van der Waals surface area contributed by atoms with E-state index in [4.69, 9.17) is 4.74 Å². The molecular formula is C10H16N2O2S2. The van der Waals surface area contributed by atoms with E-state index in [1.54, 1.807) is 11.8 Å². The lowest BCUT2D eigenvalue weighted by molar-refractivity contribution is -0.149. The van der Waals surface area contributed by atoms with E-state index >= 15 is 0 Å². The topological polar surface area (TPSA) is 52.1 Å². The minimum absolute atomic E-state index is 0.194. The van der Waals surface area contributed by atoms with Crippen molar-refractivity contribution in [2.75, 3.05) is 12.9 Å². The first kappa shape index (κ1) is 13.4. The molecular weight excluding hydrogens is 244 g/mol. The maximum absolute atomic E-state index is 11.4. The van der Waals surface area contributed by atoms with E-state index in [1.165, 1.54) is 18.6 Å². The molecule has 0 saturated carbocycles. The second-order valence-corrected chi connectivity index (χ2v) is 5.97. The Morgan fingerprint density at radius 3 is 2.75 bits per heavy atom. The van der Waals surface area contributed by atoms with Crippen LogP contribution in [0.3, 0.4) is 0 Å². The zero-order valence-electron chi connectivity index (χ0n) is 9.94. The Kier molecular flexibility index (Phi) is 4.73. The van der Waals surface area contributed by atoms with E-state index in [0.29, 0.717) is 5.75 Å². The number of ether oxygens (including phenoxy) is 1. The monoisotopic (exact) mass is 260 g/mol. The Hall–Kier alpha value is -0.620. The fourth-order valence-corrected chi connectivity index (χ4v) is 2.79. The van der Waals surface area contributed by atoms with E-state index in [1.807, 2.05) is 20.8 Å². The maximum atomic E-state index is 11.4. The summed E-state index contributed by atoms with van der Waals surface area (Å²) in [5.41, 5.74) is -0.489. The van der Waals surface area contributed by atoms with Gasteiger partial charge < -0.3 is 4.74 Å².